The Kier molecular flexibility index (Phi) is 6.23. The Morgan fingerprint density at radius 3 is 2.62 bits per heavy atom. The van der Waals surface area contributed by atoms with Gasteiger partial charge in [0.1, 0.15) is 0 Å². The Morgan fingerprint density at radius 1 is 1.31 bits per heavy atom. The molecule has 0 atom stereocenters. The van der Waals surface area contributed by atoms with Crippen molar-refractivity contribution in [2.75, 3.05) is 39.8 Å². The minimum atomic E-state index is 0.855. The van der Waals surface area contributed by atoms with Crippen molar-refractivity contribution in [3.05, 3.63) is 0 Å². The summed E-state index contributed by atoms with van der Waals surface area (Å²) in [5.41, 5.74) is 0. The molecule has 1 aliphatic carbocycles. The monoisotopic (exact) mass is 226 g/mol. The SMILES string of the molecule is CCNC(=NCC1CC1)NCCN(C)CC. The van der Waals surface area contributed by atoms with E-state index in [4.69, 9.17) is 0 Å². The van der Waals surface area contributed by atoms with Gasteiger partial charge in [-0.05, 0) is 39.3 Å². The number of hydrogen-bond acceptors (Lipinski definition) is 2. The molecule has 0 aromatic heterocycles. The molecule has 1 rings (SSSR count). The molecule has 0 saturated heterocycles. The Labute approximate surface area is 99.5 Å². The maximum absolute atomic E-state index is 4.57. The predicted molar refractivity (Wildman–Crippen MR) is 69.9 cm³/mol. The van der Waals surface area contributed by atoms with Crippen molar-refractivity contribution in [2.45, 2.75) is 26.7 Å². The van der Waals surface area contributed by atoms with Crippen molar-refractivity contribution in [1.29, 1.82) is 0 Å². The van der Waals surface area contributed by atoms with Gasteiger partial charge in [0.2, 0.25) is 0 Å². The van der Waals surface area contributed by atoms with Gasteiger partial charge in [0.05, 0.1) is 0 Å². The van der Waals surface area contributed by atoms with Crippen LogP contribution in [0.5, 0.6) is 0 Å². The molecule has 0 unspecified atom stereocenters. The summed E-state index contributed by atoms with van der Waals surface area (Å²) in [7, 11) is 2.13. The first-order chi connectivity index (χ1) is 7.76. The highest BCUT2D eigenvalue weighted by atomic mass is 15.2. The summed E-state index contributed by atoms with van der Waals surface area (Å²) in [4.78, 5) is 6.86. The van der Waals surface area contributed by atoms with Gasteiger partial charge in [0, 0.05) is 26.2 Å². The standard InChI is InChI=1S/C12H26N4/c1-4-13-12(15-10-11-6-7-11)14-8-9-16(3)5-2/h11H,4-10H2,1-3H3,(H2,13,14,15). The average Bonchev–Trinajstić information content (AvgIpc) is 3.09. The predicted octanol–water partition coefficient (Wildman–Crippen LogP) is 0.903. The molecule has 1 fully saturated rings. The topological polar surface area (TPSA) is 39.7 Å². The molecule has 0 aliphatic heterocycles. The molecule has 0 amide bonds. The van der Waals surface area contributed by atoms with Crippen LogP contribution >= 0.6 is 0 Å². The molecular formula is C12H26N4. The molecule has 0 aromatic carbocycles. The number of guanidine groups is 1. The number of nitrogens with zero attached hydrogens (tertiary/aromatic N) is 2. The summed E-state index contributed by atoms with van der Waals surface area (Å²) in [5.74, 6) is 1.83. The van der Waals surface area contributed by atoms with E-state index in [1.165, 1.54) is 12.8 Å². The molecule has 2 N–H and O–H groups in total. The van der Waals surface area contributed by atoms with E-state index in [2.05, 4.69) is 41.4 Å². The highest BCUT2D eigenvalue weighted by Crippen LogP contribution is 2.28. The molecule has 94 valence electrons. The van der Waals surface area contributed by atoms with E-state index < -0.39 is 0 Å². The molecule has 4 heteroatoms. The molecular weight excluding hydrogens is 200 g/mol. The number of likely N-dealkylation sites (N-methyl/N-ethyl adjacent to an activating group) is 1. The summed E-state index contributed by atoms with van der Waals surface area (Å²) < 4.78 is 0. The van der Waals surface area contributed by atoms with Crippen molar-refractivity contribution >= 4 is 5.96 Å². The summed E-state index contributed by atoms with van der Waals surface area (Å²) in [6.07, 6.45) is 2.73. The molecule has 1 saturated carbocycles. The van der Waals surface area contributed by atoms with Crippen LogP contribution in [0.4, 0.5) is 0 Å². The number of nitrogens with one attached hydrogen (secondary N) is 2. The second-order valence-corrected chi connectivity index (χ2v) is 4.49. The fourth-order valence-corrected chi connectivity index (χ4v) is 1.39. The Hall–Kier alpha value is -0.770. The number of aliphatic imine (C=N–C) groups is 1. The quantitative estimate of drug-likeness (QED) is 0.500. The second kappa shape index (κ2) is 7.49. The number of rotatable bonds is 7. The van der Waals surface area contributed by atoms with E-state index in [0.29, 0.717) is 0 Å². The van der Waals surface area contributed by atoms with Crippen LogP contribution in [0.1, 0.15) is 26.7 Å². The minimum Gasteiger partial charge on any atom is -0.357 e. The van der Waals surface area contributed by atoms with Gasteiger partial charge >= 0.3 is 0 Å². The normalized spacial score (nSPS) is 16.6. The highest BCUT2D eigenvalue weighted by Gasteiger charge is 2.20. The van der Waals surface area contributed by atoms with Gasteiger partial charge in [-0.25, -0.2) is 0 Å². The summed E-state index contributed by atoms with van der Waals surface area (Å²) in [5, 5.41) is 6.64. The van der Waals surface area contributed by atoms with Gasteiger partial charge in [-0.2, -0.15) is 0 Å². The molecule has 0 aromatic rings. The molecule has 0 bridgehead atoms. The lowest BCUT2D eigenvalue weighted by Gasteiger charge is -2.16. The highest BCUT2D eigenvalue weighted by molar-refractivity contribution is 5.79. The Morgan fingerprint density at radius 2 is 2.06 bits per heavy atom. The second-order valence-electron chi connectivity index (χ2n) is 4.49. The van der Waals surface area contributed by atoms with Crippen LogP contribution in [0, 0.1) is 5.92 Å². The van der Waals surface area contributed by atoms with Gasteiger partial charge < -0.3 is 15.5 Å². The largest absolute Gasteiger partial charge is 0.357 e. The van der Waals surface area contributed by atoms with Crippen LogP contribution in [0.2, 0.25) is 0 Å². The maximum atomic E-state index is 4.57. The Balaban J connectivity index is 2.18. The minimum absolute atomic E-state index is 0.855. The molecule has 0 spiro atoms. The third-order valence-electron chi connectivity index (χ3n) is 2.87. The zero-order valence-electron chi connectivity index (χ0n) is 10.9. The van der Waals surface area contributed by atoms with Crippen molar-refractivity contribution < 1.29 is 0 Å². The van der Waals surface area contributed by atoms with Crippen LogP contribution in [0.15, 0.2) is 4.99 Å². The first kappa shape index (κ1) is 13.3. The molecule has 1 aliphatic rings. The van der Waals surface area contributed by atoms with Crippen LogP contribution in [-0.4, -0.2) is 50.6 Å². The van der Waals surface area contributed by atoms with E-state index in [-0.39, 0.29) is 0 Å². The van der Waals surface area contributed by atoms with Crippen molar-refractivity contribution in [3.63, 3.8) is 0 Å². The average molecular weight is 226 g/mol. The van der Waals surface area contributed by atoms with E-state index in [0.717, 1.165) is 44.6 Å². The summed E-state index contributed by atoms with van der Waals surface area (Å²) >= 11 is 0. The Bertz CT molecular complexity index is 211. The summed E-state index contributed by atoms with van der Waals surface area (Å²) in [6, 6.07) is 0. The zero-order chi connectivity index (χ0) is 11.8. The zero-order valence-corrected chi connectivity index (χ0v) is 10.9. The molecule has 0 heterocycles. The van der Waals surface area contributed by atoms with Gasteiger partial charge in [-0.1, -0.05) is 6.92 Å². The van der Waals surface area contributed by atoms with E-state index >= 15 is 0 Å². The van der Waals surface area contributed by atoms with Crippen molar-refractivity contribution in [1.82, 2.24) is 15.5 Å². The van der Waals surface area contributed by atoms with Gasteiger partial charge in [0.15, 0.2) is 5.96 Å². The lowest BCUT2D eigenvalue weighted by molar-refractivity contribution is 0.357. The lowest BCUT2D eigenvalue weighted by Crippen LogP contribution is -2.41. The van der Waals surface area contributed by atoms with Gasteiger partial charge in [0.25, 0.3) is 0 Å². The van der Waals surface area contributed by atoms with Crippen LogP contribution < -0.4 is 10.6 Å². The summed E-state index contributed by atoms with van der Waals surface area (Å²) in [6.45, 7) is 9.31. The molecule has 16 heavy (non-hydrogen) atoms. The van der Waals surface area contributed by atoms with Crippen LogP contribution in [-0.2, 0) is 0 Å². The first-order valence-corrected chi connectivity index (χ1v) is 6.47. The van der Waals surface area contributed by atoms with E-state index in [1.54, 1.807) is 0 Å². The van der Waals surface area contributed by atoms with Gasteiger partial charge in [-0.3, -0.25) is 4.99 Å². The van der Waals surface area contributed by atoms with E-state index in [9.17, 15) is 0 Å². The first-order valence-electron chi connectivity index (χ1n) is 6.47. The van der Waals surface area contributed by atoms with Crippen LogP contribution in [0.25, 0.3) is 0 Å². The van der Waals surface area contributed by atoms with Gasteiger partial charge in [-0.15, -0.1) is 0 Å². The lowest BCUT2D eigenvalue weighted by atomic mass is 10.4. The van der Waals surface area contributed by atoms with E-state index in [1.807, 2.05) is 0 Å². The third kappa shape index (κ3) is 5.95. The maximum Gasteiger partial charge on any atom is 0.191 e. The van der Waals surface area contributed by atoms with Crippen LogP contribution in [0.3, 0.4) is 0 Å². The smallest absolute Gasteiger partial charge is 0.191 e. The fourth-order valence-electron chi connectivity index (χ4n) is 1.39. The number of hydrogen-bond donors (Lipinski definition) is 2. The fraction of sp³-hybridized carbons (Fsp3) is 0.917. The third-order valence-corrected chi connectivity index (χ3v) is 2.87. The molecule has 0 radical (unpaired) electrons. The molecule has 4 nitrogen and oxygen atoms in total. The van der Waals surface area contributed by atoms with Crippen molar-refractivity contribution in [3.8, 4) is 0 Å². The van der Waals surface area contributed by atoms with Crippen molar-refractivity contribution in [2.24, 2.45) is 10.9 Å².